The summed E-state index contributed by atoms with van der Waals surface area (Å²) in [6, 6.07) is 10.7. The smallest absolute Gasteiger partial charge is 0.243 e. The normalized spacial score (nSPS) is 15.2. The van der Waals surface area contributed by atoms with Gasteiger partial charge in [-0.3, -0.25) is 9.30 Å². The number of nitrogens with zero attached hydrogens (tertiary/aromatic N) is 7. The number of rotatable bonds is 2. The van der Waals surface area contributed by atoms with Gasteiger partial charge < -0.3 is 0 Å². The van der Waals surface area contributed by atoms with Gasteiger partial charge in [-0.25, -0.2) is 4.40 Å². The van der Waals surface area contributed by atoms with Crippen molar-refractivity contribution in [2.24, 2.45) is 0 Å². The maximum atomic E-state index is 4.37. The molecule has 128 valence electrons. The van der Waals surface area contributed by atoms with Crippen LogP contribution in [0.5, 0.6) is 0 Å². The zero-order valence-electron chi connectivity index (χ0n) is 13.9. The van der Waals surface area contributed by atoms with Gasteiger partial charge in [0.1, 0.15) is 17.5 Å². The van der Waals surface area contributed by atoms with Gasteiger partial charge in [-0.2, -0.15) is 0 Å². The molecule has 0 unspecified atom stereocenters. The molecular formula is C18H15N7S. The van der Waals surface area contributed by atoms with E-state index in [-0.39, 0.29) is 0 Å². The van der Waals surface area contributed by atoms with Crippen LogP contribution in [0.1, 0.15) is 16.0 Å². The van der Waals surface area contributed by atoms with E-state index in [1.807, 2.05) is 15.7 Å². The minimum atomic E-state index is 0.761. The van der Waals surface area contributed by atoms with Crippen molar-refractivity contribution in [1.29, 1.82) is 0 Å². The number of thiophene rings is 1. The molecule has 0 atom stereocenters. The third-order valence-electron chi connectivity index (χ3n) is 5.10. The third-order valence-corrected chi connectivity index (χ3v) is 6.32. The van der Waals surface area contributed by atoms with Crippen molar-refractivity contribution < 1.29 is 0 Å². The maximum Gasteiger partial charge on any atom is 0.243 e. The molecule has 1 aliphatic rings. The molecule has 0 bridgehead atoms. The van der Waals surface area contributed by atoms with E-state index in [4.69, 9.17) is 0 Å². The summed E-state index contributed by atoms with van der Waals surface area (Å²) in [6.45, 7) is 3.00. The molecule has 0 spiro atoms. The third kappa shape index (κ3) is 1.96. The highest BCUT2D eigenvalue weighted by Crippen LogP contribution is 2.37. The Labute approximate surface area is 152 Å². The highest BCUT2D eigenvalue weighted by Gasteiger charge is 2.25. The Morgan fingerprint density at radius 1 is 1.00 bits per heavy atom. The molecule has 5 heterocycles. The molecular weight excluding hydrogens is 346 g/mol. The number of benzene rings is 1. The first-order valence-electron chi connectivity index (χ1n) is 8.60. The first kappa shape index (κ1) is 14.3. The fourth-order valence-corrected chi connectivity index (χ4v) is 5.26. The van der Waals surface area contributed by atoms with Gasteiger partial charge >= 0.3 is 0 Å². The van der Waals surface area contributed by atoms with E-state index in [0.29, 0.717) is 0 Å². The van der Waals surface area contributed by atoms with Crippen LogP contribution in [0.15, 0.2) is 43.0 Å². The van der Waals surface area contributed by atoms with E-state index < -0.39 is 0 Å². The zero-order valence-corrected chi connectivity index (χ0v) is 14.7. The van der Waals surface area contributed by atoms with Crippen molar-refractivity contribution in [1.82, 2.24) is 34.1 Å². The molecule has 0 saturated heterocycles. The molecule has 7 nitrogen and oxygen atoms in total. The van der Waals surface area contributed by atoms with Crippen LogP contribution in [-0.2, 0) is 19.5 Å². The summed E-state index contributed by atoms with van der Waals surface area (Å²) in [6.07, 6.45) is 4.52. The van der Waals surface area contributed by atoms with Crippen molar-refractivity contribution in [3.8, 4) is 0 Å². The van der Waals surface area contributed by atoms with Gasteiger partial charge in [-0.15, -0.1) is 31.7 Å². The highest BCUT2D eigenvalue weighted by atomic mass is 32.1. The van der Waals surface area contributed by atoms with Gasteiger partial charge in [0.05, 0.1) is 5.39 Å². The average molecular weight is 361 g/mol. The standard InChI is InChI=1S/C18H15N7S/c1-2-4-12(5-3-1)8-23-7-6-13-14(9-23)26-17-15(13)16-21-19-10-24(16)18-22-20-11-25(17)18/h1-5,10-11H,6-9H2. The van der Waals surface area contributed by atoms with E-state index >= 15 is 0 Å². The van der Waals surface area contributed by atoms with Gasteiger partial charge in [0.2, 0.25) is 5.78 Å². The van der Waals surface area contributed by atoms with Gasteiger partial charge in [-0.05, 0) is 17.5 Å². The summed E-state index contributed by atoms with van der Waals surface area (Å²) in [4.78, 5) is 5.09. The number of hydrogen-bond acceptors (Lipinski definition) is 6. The fraction of sp³-hybridized carbons (Fsp3) is 0.222. The zero-order chi connectivity index (χ0) is 17.1. The van der Waals surface area contributed by atoms with Crippen LogP contribution < -0.4 is 0 Å². The molecule has 0 radical (unpaired) electrons. The second-order valence-electron chi connectivity index (χ2n) is 6.66. The first-order valence-corrected chi connectivity index (χ1v) is 9.42. The lowest BCUT2D eigenvalue weighted by Gasteiger charge is -2.26. The Bertz CT molecular complexity index is 1250. The molecule has 0 N–H and O–H groups in total. The second kappa shape index (κ2) is 5.33. The monoisotopic (exact) mass is 361 g/mol. The molecule has 26 heavy (non-hydrogen) atoms. The second-order valence-corrected chi connectivity index (χ2v) is 7.74. The number of aromatic nitrogens is 6. The first-order chi connectivity index (χ1) is 12.9. The predicted molar refractivity (Wildman–Crippen MR) is 99.2 cm³/mol. The van der Waals surface area contributed by atoms with E-state index in [0.717, 1.165) is 42.3 Å². The molecule has 0 aliphatic carbocycles. The summed E-state index contributed by atoms with van der Waals surface area (Å²) < 4.78 is 3.98. The minimum Gasteiger partial charge on any atom is -0.294 e. The Balaban J connectivity index is 1.49. The lowest BCUT2D eigenvalue weighted by Crippen LogP contribution is -2.29. The molecule has 8 heteroatoms. The van der Waals surface area contributed by atoms with Gasteiger partial charge in [-0.1, -0.05) is 30.3 Å². The summed E-state index contributed by atoms with van der Waals surface area (Å²) in [5, 5.41) is 18.0. The summed E-state index contributed by atoms with van der Waals surface area (Å²) in [5.41, 5.74) is 3.65. The highest BCUT2D eigenvalue weighted by molar-refractivity contribution is 7.19. The molecule has 0 saturated carbocycles. The van der Waals surface area contributed by atoms with E-state index in [9.17, 15) is 0 Å². The Morgan fingerprint density at radius 2 is 1.85 bits per heavy atom. The molecule has 4 aromatic heterocycles. The number of fused-ring (bicyclic) bond motifs is 8. The summed E-state index contributed by atoms with van der Waals surface area (Å²) in [7, 11) is 0. The Kier molecular flexibility index (Phi) is 2.94. The molecule has 6 rings (SSSR count). The van der Waals surface area contributed by atoms with E-state index in [1.54, 1.807) is 12.7 Å². The van der Waals surface area contributed by atoms with Gasteiger partial charge in [0.25, 0.3) is 0 Å². The molecule has 5 aromatic rings. The van der Waals surface area contributed by atoms with Crippen LogP contribution in [0.25, 0.3) is 21.6 Å². The average Bonchev–Trinajstić information content (AvgIpc) is 3.38. The Hall–Kier alpha value is -2.84. The number of hydrogen-bond donors (Lipinski definition) is 0. The fourth-order valence-electron chi connectivity index (χ4n) is 3.91. The molecule has 0 fully saturated rings. The van der Waals surface area contributed by atoms with Crippen LogP contribution >= 0.6 is 11.3 Å². The van der Waals surface area contributed by atoms with Gasteiger partial charge in [0.15, 0.2) is 5.65 Å². The topological polar surface area (TPSA) is 63.6 Å². The van der Waals surface area contributed by atoms with Crippen LogP contribution in [0, 0.1) is 0 Å². The van der Waals surface area contributed by atoms with E-state index in [2.05, 4.69) is 60.0 Å². The largest absolute Gasteiger partial charge is 0.294 e. The van der Waals surface area contributed by atoms with E-state index in [1.165, 1.54) is 21.4 Å². The van der Waals surface area contributed by atoms with Crippen molar-refractivity contribution >= 4 is 33.0 Å². The SMILES string of the molecule is c1ccc(CN2CCc3c(sc4c3c3nncn3c3nncn43)C2)cc1. The quantitative estimate of drug-likeness (QED) is 0.483. The Morgan fingerprint density at radius 3 is 2.77 bits per heavy atom. The summed E-state index contributed by atoms with van der Waals surface area (Å²) in [5.74, 6) is 0.761. The predicted octanol–water partition coefficient (Wildman–Crippen LogP) is 2.54. The van der Waals surface area contributed by atoms with Gasteiger partial charge in [0, 0.05) is 24.5 Å². The van der Waals surface area contributed by atoms with Crippen molar-refractivity contribution in [2.45, 2.75) is 19.5 Å². The minimum absolute atomic E-state index is 0.761. The van der Waals surface area contributed by atoms with Crippen molar-refractivity contribution in [3.05, 3.63) is 59.0 Å². The van der Waals surface area contributed by atoms with Crippen LogP contribution in [-0.4, -0.2) is 40.6 Å². The molecule has 1 aromatic carbocycles. The van der Waals surface area contributed by atoms with Crippen LogP contribution in [0.2, 0.25) is 0 Å². The maximum absolute atomic E-state index is 4.37. The van der Waals surface area contributed by atoms with Crippen molar-refractivity contribution in [2.75, 3.05) is 6.54 Å². The van der Waals surface area contributed by atoms with Crippen molar-refractivity contribution in [3.63, 3.8) is 0 Å². The van der Waals surface area contributed by atoms with Crippen LogP contribution in [0.4, 0.5) is 0 Å². The summed E-state index contributed by atoms with van der Waals surface area (Å²) >= 11 is 1.83. The van der Waals surface area contributed by atoms with Crippen LogP contribution in [0.3, 0.4) is 0 Å². The molecule has 0 amide bonds. The molecule has 1 aliphatic heterocycles. The lowest BCUT2D eigenvalue weighted by molar-refractivity contribution is 0.249. The lowest BCUT2D eigenvalue weighted by atomic mass is 10.0.